The summed E-state index contributed by atoms with van der Waals surface area (Å²) in [5.74, 6) is 0.483. The molecular weight excluding hydrogens is 337 g/mol. The van der Waals surface area contributed by atoms with Gasteiger partial charge in [0.2, 0.25) is 0 Å². The van der Waals surface area contributed by atoms with Gasteiger partial charge >= 0.3 is 0 Å². The van der Waals surface area contributed by atoms with Crippen LogP contribution in [0, 0.1) is 20.8 Å². The molecule has 0 aliphatic carbocycles. The minimum atomic E-state index is -0.0182. The zero-order valence-corrected chi connectivity index (χ0v) is 18.4. The Bertz CT molecular complexity index is 769. The Morgan fingerprint density at radius 2 is 1.69 bits per heavy atom. The molecule has 0 saturated heterocycles. The van der Waals surface area contributed by atoms with Gasteiger partial charge in [0.1, 0.15) is 5.75 Å². The number of hydrogen-bond donors (Lipinski definition) is 1. The largest absolute Gasteiger partial charge is 0.507 e. The molecule has 0 amide bonds. The maximum Gasteiger partial charge on any atom is 0.122 e. The first-order valence-electron chi connectivity index (χ1n) is 9.61. The summed E-state index contributed by atoms with van der Waals surface area (Å²) in [4.78, 5) is 2.21. The third-order valence-corrected chi connectivity index (χ3v) is 7.29. The van der Waals surface area contributed by atoms with Crippen molar-refractivity contribution in [3.8, 4) is 5.75 Å². The van der Waals surface area contributed by atoms with E-state index in [0.29, 0.717) is 14.3 Å². The molecule has 0 saturated carbocycles. The molecule has 0 aliphatic rings. The summed E-state index contributed by atoms with van der Waals surface area (Å²) in [7, 11) is 4.86. The smallest absolute Gasteiger partial charge is 0.122 e. The van der Waals surface area contributed by atoms with E-state index in [9.17, 15) is 5.11 Å². The van der Waals surface area contributed by atoms with Gasteiger partial charge in [-0.2, -0.15) is 0 Å². The molecule has 2 rings (SSSR count). The first kappa shape index (κ1) is 20.8. The van der Waals surface area contributed by atoms with Crippen molar-refractivity contribution < 1.29 is 5.11 Å². The van der Waals surface area contributed by atoms with Crippen molar-refractivity contribution >= 4 is 19.6 Å². The van der Waals surface area contributed by atoms with E-state index in [4.69, 9.17) is 0 Å². The van der Waals surface area contributed by atoms with Gasteiger partial charge in [-0.15, -0.1) is 0 Å². The minimum absolute atomic E-state index is 0.0182. The maximum atomic E-state index is 10.9. The summed E-state index contributed by atoms with van der Waals surface area (Å²) >= 11 is 0. The molecule has 142 valence electrons. The van der Waals surface area contributed by atoms with Crippen LogP contribution < -0.4 is 10.2 Å². The van der Waals surface area contributed by atoms with Crippen molar-refractivity contribution in [3.63, 3.8) is 0 Å². The number of nitrogens with zero attached hydrogens (tertiary/aromatic N) is 1. The third-order valence-electron chi connectivity index (χ3n) is 5.25. The molecule has 0 heterocycles. The van der Waals surface area contributed by atoms with Crippen LogP contribution in [0.3, 0.4) is 0 Å². The second-order valence-corrected chi connectivity index (χ2v) is 9.45. The molecule has 2 aromatic rings. The molecule has 3 heteroatoms. The van der Waals surface area contributed by atoms with E-state index >= 15 is 0 Å². The number of benzene rings is 2. The van der Waals surface area contributed by atoms with Gasteiger partial charge in [0, 0.05) is 30.5 Å². The fraction of sp³-hybridized carbons (Fsp3) is 0.478. The lowest BCUT2D eigenvalue weighted by molar-refractivity contribution is 0.439. The monoisotopic (exact) mass is 371 g/mol. The van der Waals surface area contributed by atoms with E-state index in [1.165, 1.54) is 22.1 Å². The second kappa shape index (κ2) is 8.44. The van der Waals surface area contributed by atoms with Crippen LogP contribution in [0.2, 0.25) is 0 Å². The average molecular weight is 372 g/mol. The van der Waals surface area contributed by atoms with Gasteiger partial charge < -0.3 is 10.0 Å². The lowest BCUT2D eigenvalue weighted by Crippen LogP contribution is -2.25. The number of phenolic OH excluding ortho intramolecular Hbond substituents is 1. The highest BCUT2D eigenvalue weighted by Crippen LogP contribution is 2.52. The van der Waals surface area contributed by atoms with Crippen LogP contribution in [0.4, 0.5) is 5.69 Å². The Labute approximate surface area is 161 Å². The maximum absolute atomic E-state index is 10.9. The molecule has 2 aromatic carbocycles. The second-order valence-electron chi connectivity index (χ2n) is 7.70. The zero-order chi connectivity index (χ0) is 19.5. The van der Waals surface area contributed by atoms with Gasteiger partial charge in [-0.25, -0.2) is 0 Å². The van der Waals surface area contributed by atoms with Gasteiger partial charge in [-0.3, -0.25) is 0 Å². The molecular formula is C23H34NOP. The van der Waals surface area contributed by atoms with Crippen molar-refractivity contribution in [1.29, 1.82) is 0 Å². The lowest BCUT2D eigenvalue weighted by atomic mass is 9.88. The highest BCUT2D eigenvalue weighted by atomic mass is 31.1. The first-order chi connectivity index (χ1) is 12.2. The van der Waals surface area contributed by atoms with Crippen molar-refractivity contribution in [1.82, 2.24) is 0 Å². The summed E-state index contributed by atoms with van der Waals surface area (Å²) in [6.07, 6.45) is 3.21. The lowest BCUT2D eigenvalue weighted by Gasteiger charge is -2.36. The van der Waals surface area contributed by atoms with Crippen LogP contribution in [-0.2, 0) is 5.16 Å². The Morgan fingerprint density at radius 3 is 2.27 bits per heavy atom. The standard InChI is InChI=1S/C23H34NOP/c1-8-12-23(9-2,19-14-17(4)13-18(5)22(19)25)26-21-11-10-16(3)15-20(21)24(6)7/h10-11,13-15,25-26H,8-9,12H2,1-7H3. The van der Waals surface area contributed by atoms with Gasteiger partial charge in [0.25, 0.3) is 0 Å². The van der Waals surface area contributed by atoms with E-state index < -0.39 is 0 Å². The average Bonchev–Trinajstić information content (AvgIpc) is 2.59. The van der Waals surface area contributed by atoms with E-state index in [0.717, 1.165) is 30.4 Å². The SMILES string of the molecule is CCCC(CC)(Pc1ccc(C)cc1N(C)C)c1cc(C)cc(C)c1O. The summed E-state index contributed by atoms with van der Waals surface area (Å²) in [5, 5.41) is 12.3. The highest BCUT2D eigenvalue weighted by molar-refractivity contribution is 7.49. The first-order valence-corrected chi connectivity index (χ1v) is 10.6. The summed E-state index contributed by atoms with van der Waals surface area (Å²) in [5.41, 5.74) is 5.92. The fourth-order valence-corrected chi connectivity index (χ4v) is 5.83. The normalized spacial score (nSPS) is 14.0. The molecule has 2 unspecified atom stereocenters. The Balaban J connectivity index is 2.63. The van der Waals surface area contributed by atoms with Crippen molar-refractivity contribution in [2.24, 2.45) is 0 Å². The van der Waals surface area contributed by atoms with Crippen LogP contribution in [0.5, 0.6) is 5.75 Å². The Kier molecular flexibility index (Phi) is 6.74. The molecule has 0 aliphatic heterocycles. The molecule has 26 heavy (non-hydrogen) atoms. The van der Waals surface area contributed by atoms with Crippen molar-refractivity contribution in [2.75, 3.05) is 19.0 Å². The fourth-order valence-electron chi connectivity index (χ4n) is 3.85. The molecule has 0 spiro atoms. The number of aryl methyl sites for hydroxylation is 3. The topological polar surface area (TPSA) is 23.5 Å². The van der Waals surface area contributed by atoms with E-state index in [2.05, 4.69) is 77.0 Å². The van der Waals surface area contributed by atoms with Crippen LogP contribution >= 0.6 is 8.58 Å². The number of anilines is 1. The van der Waals surface area contributed by atoms with Crippen LogP contribution in [0.15, 0.2) is 30.3 Å². The van der Waals surface area contributed by atoms with Crippen molar-refractivity contribution in [2.45, 2.75) is 59.0 Å². The Morgan fingerprint density at radius 1 is 1.00 bits per heavy atom. The van der Waals surface area contributed by atoms with Crippen molar-refractivity contribution in [3.05, 3.63) is 52.6 Å². The van der Waals surface area contributed by atoms with E-state index in [1.807, 2.05) is 6.92 Å². The summed E-state index contributed by atoms with van der Waals surface area (Å²) in [6.45, 7) is 10.8. The van der Waals surface area contributed by atoms with Crippen LogP contribution in [-0.4, -0.2) is 19.2 Å². The molecule has 2 atom stereocenters. The predicted molar refractivity (Wildman–Crippen MR) is 118 cm³/mol. The van der Waals surface area contributed by atoms with Gasteiger partial charge in [-0.05, 0) is 56.1 Å². The predicted octanol–water partition coefficient (Wildman–Crippen LogP) is 5.79. The van der Waals surface area contributed by atoms with Gasteiger partial charge in [0.15, 0.2) is 0 Å². The zero-order valence-electron chi connectivity index (χ0n) is 17.4. The third kappa shape index (κ3) is 4.23. The molecule has 0 aromatic heterocycles. The number of aromatic hydroxyl groups is 1. The molecule has 0 bridgehead atoms. The molecule has 2 nitrogen and oxygen atoms in total. The quantitative estimate of drug-likeness (QED) is 0.623. The number of hydrogen-bond acceptors (Lipinski definition) is 2. The van der Waals surface area contributed by atoms with E-state index in [-0.39, 0.29) is 5.16 Å². The van der Waals surface area contributed by atoms with Gasteiger partial charge in [0.05, 0.1) is 0 Å². The minimum Gasteiger partial charge on any atom is -0.507 e. The highest BCUT2D eigenvalue weighted by Gasteiger charge is 2.34. The van der Waals surface area contributed by atoms with Crippen LogP contribution in [0.1, 0.15) is 55.4 Å². The van der Waals surface area contributed by atoms with Crippen LogP contribution in [0.25, 0.3) is 0 Å². The van der Waals surface area contributed by atoms with E-state index in [1.54, 1.807) is 0 Å². The summed E-state index contributed by atoms with van der Waals surface area (Å²) < 4.78 is 0. The number of rotatable bonds is 7. The van der Waals surface area contributed by atoms with Gasteiger partial charge in [-0.1, -0.05) is 58.7 Å². The molecule has 0 radical (unpaired) electrons. The molecule has 1 N–H and O–H groups in total. The number of phenols is 1. The Hall–Kier alpha value is -1.53. The molecule has 0 fully saturated rings. The summed E-state index contributed by atoms with van der Waals surface area (Å²) in [6, 6.07) is 11.0.